The summed E-state index contributed by atoms with van der Waals surface area (Å²) in [6.07, 6.45) is 5.82. The molecule has 0 bridgehead atoms. The van der Waals surface area contributed by atoms with Crippen LogP contribution in [0.4, 0.5) is 5.69 Å². The number of aromatic nitrogens is 4. The molecule has 3 aromatic heterocycles. The Morgan fingerprint density at radius 2 is 1.91 bits per heavy atom. The molecule has 4 heterocycles. The number of para-hydroxylation sites is 1. The zero-order valence-electron chi connectivity index (χ0n) is 18.2. The number of ether oxygens (including phenoxy) is 1. The van der Waals surface area contributed by atoms with Crippen LogP contribution in [0.2, 0.25) is 5.02 Å². The van der Waals surface area contributed by atoms with E-state index in [0.29, 0.717) is 24.1 Å². The molecule has 0 radical (unpaired) electrons. The Morgan fingerprint density at radius 3 is 2.70 bits per heavy atom. The number of hydrogen-bond acceptors (Lipinski definition) is 6. The van der Waals surface area contributed by atoms with Gasteiger partial charge in [0, 0.05) is 36.8 Å². The lowest BCUT2D eigenvalue weighted by Gasteiger charge is -2.29. The number of pyridine rings is 1. The zero-order valence-corrected chi connectivity index (χ0v) is 18.9. The van der Waals surface area contributed by atoms with Gasteiger partial charge in [0.05, 0.1) is 46.7 Å². The molecule has 0 atom stereocenters. The van der Waals surface area contributed by atoms with E-state index < -0.39 is 0 Å². The first-order valence-electron chi connectivity index (χ1n) is 11.1. The van der Waals surface area contributed by atoms with Gasteiger partial charge in [0.2, 0.25) is 5.89 Å². The average molecular weight is 460 g/mol. The third kappa shape index (κ3) is 3.35. The highest BCUT2D eigenvalue weighted by Crippen LogP contribution is 2.36. The van der Waals surface area contributed by atoms with Crippen molar-refractivity contribution >= 4 is 39.2 Å². The molecule has 33 heavy (non-hydrogen) atoms. The molecule has 0 spiro atoms. The largest absolute Gasteiger partial charge is 0.444 e. The van der Waals surface area contributed by atoms with Crippen molar-refractivity contribution in [2.24, 2.45) is 0 Å². The molecule has 166 valence electrons. The molecular formula is C25H22ClN5O2. The number of anilines is 1. The molecular weight excluding hydrogens is 438 g/mol. The molecule has 1 fully saturated rings. The van der Waals surface area contributed by atoms with E-state index in [9.17, 15) is 0 Å². The molecule has 2 aromatic carbocycles. The Kier molecular flexibility index (Phi) is 5.00. The van der Waals surface area contributed by atoms with E-state index in [1.807, 2.05) is 18.2 Å². The lowest BCUT2D eigenvalue weighted by Crippen LogP contribution is -2.36. The van der Waals surface area contributed by atoms with Crippen molar-refractivity contribution in [3.05, 3.63) is 65.9 Å². The van der Waals surface area contributed by atoms with Gasteiger partial charge in [-0.15, -0.1) is 0 Å². The van der Waals surface area contributed by atoms with Gasteiger partial charge in [0.15, 0.2) is 0 Å². The minimum Gasteiger partial charge on any atom is -0.444 e. The summed E-state index contributed by atoms with van der Waals surface area (Å²) in [5.74, 6) is 1.51. The predicted molar refractivity (Wildman–Crippen MR) is 129 cm³/mol. The summed E-state index contributed by atoms with van der Waals surface area (Å²) < 4.78 is 13.5. The first-order valence-corrected chi connectivity index (χ1v) is 11.4. The molecule has 5 aromatic rings. The van der Waals surface area contributed by atoms with Crippen molar-refractivity contribution in [1.82, 2.24) is 19.5 Å². The second-order valence-corrected chi connectivity index (χ2v) is 8.39. The molecule has 1 aliphatic rings. The van der Waals surface area contributed by atoms with Crippen LogP contribution in [-0.4, -0.2) is 45.8 Å². The highest BCUT2D eigenvalue weighted by Gasteiger charge is 2.22. The van der Waals surface area contributed by atoms with Gasteiger partial charge in [-0.25, -0.2) is 9.97 Å². The van der Waals surface area contributed by atoms with E-state index in [-0.39, 0.29) is 0 Å². The molecule has 0 unspecified atom stereocenters. The number of morpholine rings is 1. The van der Waals surface area contributed by atoms with Crippen LogP contribution in [0.3, 0.4) is 0 Å². The van der Waals surface area contributed by atoms with Gasteiger partial charge in [-0.05, 0) is 24.3 Å². The maximum Gasteiger partial charge on any atom is 0.228 e. The molecule has 0 N–H and O–H groups in total. The Bertz CT molecular complexity index is 1460. The van der Waals surface area contributed by atoms with Crippen molar-refractivity contribution in [2.75, 3.05) is 31.2 Å². The summed E-state index contributed by atoms with van der Waals surface area (Å²) in [4.78, 5) is 16.3. The van der Waals surface area contributed by atoms with E-state index >= 15 is 0 Å². The first-order chi connectivity index (χ1) is 16.2. The number of fused-ring (bicyclic) bond motifs is 2. The molecule has 7 nitrogen and oxygen atoms in total. The monoisotopic (exact) mass is 459 g/mol. The standard InChI is InChI=1S/C25H22ClN5O2/c1-2-22-29-24-18(25-28-8-11-33-25)14-16(30-9-12-32-13-10-30)15-21(24)31(22)20-6-7-27-23-17(20)4-3-5-19(23)26/h3-8,11,14-15H,2,9-10,12-13H2,1H3. The fourth-order valence-electron chi connectivity index (χ4n) is 4.56. The number of oxazole rings is 1. The Labute approximate surface area is 195 Å². The Hall–Kier alpha value is -3.42. The summed E-state index contributed by atoms with van der Waals surface area (Å²) >= 11 is 6.48. The normalized spacial score (nSPS) is 14.4. The highest BCUT2D eigenvalue weighted by atomic mass is 35.5. The van der Waals surface area contributed by atoms with Gasteiger partial charge in [-0.2, -0.15) is 0 Å². The molecule has 1 aliphatic heterocycles. The lowest BCUT2D eigenvalue weighted by atomic mass is 10.1. The molecule has 0 saturated carbocycles. The van der Waals surface area contributed by atoms with Gasteiger partial charge >= 0.3 is 0 Å². The topological polar surface area (TPSA) is 69.2 Å². The van der Waals surface area contributed by atoms with Crippen molar-refractivity contribution in [1.29, 1.82) is 0 Å². The fourth-order valence-corrected chi connectivity index (χ4v) is 4.78. The van der Waals surface area contributed by atoms with Gasteiger partial charge < -0.3 is 14.1 Å². The molecule has 0 aliphatic carbocycles. The summed E-state index contributed by atoms with van der Waals surface area (Å²) in [6.45, 7) is 5.19. The lowest BCUT2D eigenvalue weighted by molar-refractivity contribution is 0.122. The maximum absolute atomic E-state index is 6.48. The second-order valence-electron chi connectivity index (χ2n) is 7.98. The van der Waals surface area contributed by atoms with E-state index in [4.69, 9.17) is 25.7 Å². The van der Waals surface area contributed by atoms with Crippen LogP contribution in [0.1, 0.15) is 12.7 Å². The minimum atomic E-state index is 0.560. The quantitative estimate of drug-likeness (QED) is 0.364. The first kappa shape index (κ1) is 20.2. The molecule has 1 saturated heterocycles. The van der Waals surface area contributed by atoms with Crippen LogP contribution < -0.4 is 4.90 Å². The van der Waals surface area contributed by atoms with Crippen LogP contribution >= 0.6 is 11.6 Å². The predicted octanol–water partition coefficient (Wildman–Crippen LogP) is 5.28. The van der Waals surface area contributed by atoms with Crippen molar-refractivity contribution in [3.8, 4) is 17.1 Å². The maximum atomic E-state index is 6.48. The van der Waals surface area contributed by atoms with Crippen LogP contribution in [0.25, 0.3) is 39.1 Å². The molecule has 0 amide bonds. The van der Waals surface area contributed by atoms with E-state index in [0.717, 1.165) is 64.2 Å². The van der Waals surface area contributed by atoms with Crippen LogP contribution in [0.15, 0.2) is 59.5 Å². The van der Waals surface area contributed by atoms with Gasteiger partial charge in [0.1, 0.15) is 17.6 Å². The minimum absolute atomic E-state index is 0.560. The van der Waals surface area contributed by atoms with E-state index in [2.05, 4.69) is 44.6 Å². The van der Waals surface area contributed by atoms with Crippen molar-refractivity contribution in [2.45, 2.75) is 13.3 Å². The van der Waals surface area contributed by atoms with Gasteiger partial charge in [-0.3, -0.25) is 9.55 Å². The number of aryl methyl sites for hydroxylation is 1. The summed E-state index contributed by atoms with van der Waals surface area (Å²) in [6, 6.07) is 12.2. The SMILES string of the molecule is CCc1nc2c(-c3ncco3)cc(N3CCOCC3)cc2n1-c1ccnc2c(Cl)cccc12. The van der Waals surface area contributed by atoms with Crippen LogP contribution in [0.5, 0.6) is 0 Å². The number of nitrogens with zero attached hydrogens (tertiary/aromatic N) is 5. The van der Waals surface area contributed by atoms with Crippen molar-refractivity contribution in [3.63, 3.8) is 0 Å². The summed E-state index contributed by atoms with van der Waals surface area (Å²) in [5, 5.41) is 1.61. The number of benzene rings is 2. The van der Waals surface area contributed by atoms with Crippen LogP contribution in [-0.2, 0) is 11.2 Å². The smallest absolute Gasteiger partial charge is 0.228 e. The van der Waals surface area contributed by atoms with E-state index in [1.165, 1.54) is 0 Å². The Balaban J connectivity index is 1.68. The summed E-state index contributed by atoms with van der Waals surface area (Å²) in [7, 11) is 0. The molecule has 8 heteroatoms. The number of hydrogen-bond donors (Lipinski definition) is 0. The van der Waals surface area contributed by atoms with Gasteiger partial charge in [0.25, 0.3) is 0 Å². The molecule has 6 rings (SSSR count). The fraction of sp³-hybridized carbons (Fsp3) is 0.240. The highest BCUT2D eigenvalue weighted by molar-refractivity contribution is 6.35. The second kappa shape index (κ2) is 8.17. The third-order valence-electron chi connectivity index (χ3n) is 6.11. The third-order valence-corrected chi connectivity index (χ3v) is 6.41. The number of imidazole rings is 1. The zero-order chi connectivity index (χ0) is 22.4. The number of rotatable bonds is 4. The summed E-state index contributed by atoms with van der Waals surface area (Å²) in [5.41, 5.74) is 5.61. The van der Waals surface area contributed by atoms with Crippen LogP contribution in [0, 0.1) is 0 Å². The number of halogens is 1. The van der Waals surface area contributed by atoms with Crippen molar-refractivity contribution < 1.29 is 9.15 Å². The van der Waals surface area contributed by atoms with Gasteiger partial charge in [-0.1, -0.05) is 30.7 Å². The Morgan fingerprint density at radius 1 is 1.03 bits per heavy atom. The van der Waals surface area contributed by atoms with E-state index in [1.54, 1.807) is 18.7 Å². The average Bonchev–Trinajstić information content (AvgIpc) is 3.52.